The van der Waals surface area contributed by atoms with Gasteiger partial charge in [0, 0.05) is 43.0 Å². The molecule has 188 valence electrons. The number of benzene rings is 1. The lowest BCUT2D eigenvalue weighted by Crippen LogP contribution is -2.45. The molecule has 0 radical (unpaired) electrons. The number of halogens is 1. The van der Waals surface area contributed by atoms with E-state index in [1.165, 1.54) is 5.70 Å². The van der Waals surface area contributed by atoms with Gasteiger partial charge < -0.3 is 24.6 Å². The van der Waals surface area contributed by atoms with Crippen molar-refractivity contribution < 1.29 is 14.3 Å². The van der Waals surface area contributed by atoms with E-state index in [9.17, 15) is 4.79 Å². The molecule has 1 unspecified atom stereocenters. The van der Waals surface area contributed by atoms with E-state index in [0.29, 0.717) is 29.1 Å². The summed E-state index contributed by atoms with van der Waals surface area (Å²) < 4.78 is 11.8. The summed E-state index contributed by atoms with van der Waals surface area (Å²) in [7, 11) is 0. The minimum absolute atomic E-state index is 0.0508. The number of hydrogen-bond acceptors (Lipinski definition) is 5. The van der Waals surface area contributed by atoms with Gasteiger partial charge in [-0.25, -0.2) is 0 Å². The zero-order chi connectivity index (χ0) is 25.2. The third-order valence-electron chi connectivity index (χ3n) is 6.08. The third-order valence-corrected chi connectivity index (χ3v) is 6.39. The highest BCUT2D eigenvalue weighted by Crippen LogP contribution is 2.34. The van der Waals surface area contributed by atoms with Gasteiger partial charge in [-0.3, -0.25) is 4.79 Å². The van der Waals surface area contributed by atoms with E-state index < -0.39 is 0 Å². The van der Waals surface area contributed by atoms with Crippen molar-refractivity contribution in [2.75, 3.05) is 41.1 Å². The summed E-state index contributed by atoms with van der Waals surface area (Å²) in [6.45, 7) is 12.5. The van der Waals surface area contributed by atoms with E-state index in [4.69, 9.17) is 9.47 Å². The van der Waals surface area contributed by atoms with Crippen LogP contribution in [0.15, 0.2) is 78.3 Å². The number of alkyl halides is 1. The third kappa shape index (κ3) is 7.40. The highest BCUT2D eigenvalue weighted by Gasteiger charge is 2.25. The standard InChI is InChI=1S/C28H36IN3O3/c1-5-24(34-6-2)13-12-21(3)28(33)31-16-9-11-23(19-31)30-26-18-25(35-20-29)14-15-27(26)32-17-8-7-10-22(32)4/h5,7-8,10,12-15,18,23,30H,1,6,9,11,16-17,19-20H2,2-4H3/b21-12+,24-13+. The van der Waals surface area contributed by atoms with Crippen LogP contribution >= 0.6 is 22.6 Å². The van der Waals surface area contributed by atoms with Crippen LogP contribution in [0.1, 0.15) is 33.6 Å². The molecule has 1 fully saturated rings. The van der Waals surface area contributed by atoms with Crippen molar-refractivity contribution in [3.8, 4) is 5.75 Å². The van der Waals surface area contributed by atoms with Gasteiger partial charge >= 0.3 is 0 Å². The molecule has 2 aliphatic rings. The summed E-state index contributed by atoms with van der Waals surface area (Å²) >= 11 is 2.21. The highest BCUT2D eigenvalue weighted by atomic mass is 127. The Morgan fingerprint density at radius 2 is 2.17 bits per heavy atom. The number of likely N-dealkylation sites (tertiary alicyclic amines) is 1. The Labute approximate surface area is 223 Å². The molecule has 7 heteroatoms. The second kappa shape index (κ2) is 13.4. The molecule has 1 atom stereocenters. The SMILES string of the molecule is C=C/C(=C\C=C(/C)C(=O)N1CCCC(Nc2cc(OCI)ccc2N2CC=CC=C2C)C1)OCC. The fourth-order valence-corrected chi connectivity index (χ4v) is 4.64. The Hall–Kier alpha value is -2.68. The number of anilines is 2. The molecule has 2 aliphatic heterocycles. The lowest BCUT2D eigenvalue weighted by atomic mass is 10.0. The van der Waals surface area contributed by atoms with Crippen molar-refractivity contribution in [3.05, 3.63) is 78.3 Å². The molecular weight excluding hydrogens is 553 g/mol. The highest BCUT2D eigenvalue weighted by molar-refractivity contribution is 14.1. The van der Waals surface area contributed by atoms with Crippen LogP contribution in [0.3, 0.4) is 0 Å². The number of amides is 1. The minimum atomic E-state index is 0.0508. The number of allylic oxidation sites excluding steroid dienone is 6. The zero-order valence-corrected chi connectivity index (χ0v) is 23.1. The Bertz CT molecular complexity index is 1030. The van der Waals surface area contributed by atoms with Gasteiger partial charge in [-0.1, -0.05) is 24.8 Å². The van der Waals surface area contributed by atoms with Crippen LogP contribution in [-0.2, 0) is 9.53 Å². The monoisotopic (exact) mass is 589 g/mol. The first-order valence-electron chi connectivity index (χ1n) is 12.1. The zero-order valence-electron chi connectivity index (χ0n) is 20.9. The number of nitrogens with one attached hydrogen (secondary N) is 1. The van der Waals surface area contributed by atoms with Gasteiger partial charge in [0.15, 0.2) is 0 Å². The molecule has 1 aromatic carbocycles. The molecule has 1 N–H and O–H groups in total. The van der Waals surface area contributed by atoms with E-state index in [0.717, 1.165) is 43.1 Å². The van der Waals surface area contributed by atoms with Gasteiger partial charge in [0.1, 0.15) is 16.1 Å². The molecule has 2 heterocycles. The summed E-state index contributed by atoms with van der Waals surface area (Å²) in [6.07, 6.45) is 13.6. The van der Waals surface area contributed by atoms with Crippen LogP contribution in [0, 0.1) is 0 Å². The Morgan fingerprint density at radius 3 is 2.89 bits per heavy atom. The number of carbonyl (C=O) groups is 1. The first kappa shape index (κ1) is 26.9. The molecule has 1 saturated heterocycles. The molecule has 0 aliphatic carbocycles. The van der Waals surface area contributed by atoms with Crippen molar-refractivity contribution in [2.45, 2.75) is 39.7 Å². The summed E-state index contributed by atoms with van der Waals surface area (Å²) in [5.74, 6) is 1.55. The van der Waals surface area contributed by atoms with Crippen LogP contribution < -0.4 is 15.0 Å². The summed E-state index contributed by atoms with van der Waals surface area (Å²) in [5, 5.41) is 3.73. The van der Waals surface area contributed by atoms with Crippen molar-refractivity contribution in [3.63, 3.8) is 0 Å². The number of carbonyl (C=O) groups excluding carboxylic acids is 1. The maximum absolute atomic E-state index is 13.1. The molecule has 1 aromatic rings. The lowest BCUT2D eigenvalue weighted by molar-refractivity contribution is -0.128. The smallest absolute Gasteiger partial charge is 0.249 e. The minimum Gasteiger partial charge on any atom is -0.494 e. The van der Waals surface area contributed by atoms with E-state index in [1.54, 1.807) is 12.2 Å². The fraction of sp³-hybridized carbons (Fsp3) is 0.393. The quantitative estimate of drug-likeness (QED) is 0.116. The maximum Gasteiger partial charge on any atom is 0.249 e. The van der Waals surface area contributed by atoms with Gasteiger partial charge in [-0.05, 0) is 86.6 Å². The average molecular weight is 590 g/mol. The van der Waals surface area contributed by atoms with Crippen LogP contribution in [0.2, 0.25) is 0 Å². The summed E-state index contributed by atoms with van der Waals surface area (Å²) in [4.78, 5) is 17.4. The molecule has 1 amide bonds. The van der Waals surface area contributed by atoms with Crippen molar-refractivity contribution in [1.29, 1.82) is 0 Å². The normalized spacial score (nSPS) is 18.7. The predicted octanol–water partition coefficient (Wildman–Crippen LogP) is 6.19. The van der Waals surface area contributed by atoms with E-state index in [-0.39, 0.29) is 11.9 Å². The molecule has 0 aromatic heterocycles. The molecule has 0 bridgehead atoms. The lowest BCUT2D eigenvalue weighted by Gasteiger charge is -2.35. The molecule has 3 rings (SSSR count). The maximum atomic E-state index is 13.1. The van der Waals surface area contributed by atoms with E-state index >= 15 is 0 Å². The van der Waals surface area contributed by atoms with Crippen LogP contribution in [-0.4, -0.2) is 47.7 Å². The summed E-state index contributed by atoms with van der Waals surface area (Å²) in [6, 6.07) is 6.35. The van der Waals surface area contributed by atoms with E-state index in [1.807, 2.05) is 30.9 Å². The molecular formula is C28H36IN3O3. The van der Waals surface area contributed by atoms with Gasteiger partial charge in [0.25, 0.3) is 0 Å². The molecule has 35 heavy (non-hydrogen) atoms. The van der Waals surface area contributed by atoms with Crippen LogP contribution in [0.25, 0.3) is 0 Å². The average Bonchev–Trinajstić information content (AvgIpc) is 2.87. The van der Waals surface area contributed by atoms with E-state index in [2.05, 4.69) is 76.7 Å². The van der Waals surface area contributed by atoms with Gasteiger partial charge in [-0.15, -0.1) is 0 Å². The Kier molecular flexibility index (Phi) is 10.3. The van der Waals surface area contributed by atoms with Crippen molar-refractivity contribution in [1.82, 2.24) is 4.90 Å². The largest absolute Gasteiger partial charge is 0.494 e. The predicted molar refractivity (Wildman–Crippen MR) is 153 cm³/mol. The second-order valence-corrected chi connectivity index (χ2v) is 9.19. The fourth-order valence-electron chi connectivity index (χ4n) is 4.28. The van der Waals surface area contributed by atoms with Gasteiger partial charge in [0.2, 0.25) is 5.91 Å². The number of ether oxygens (including phenoxy) is 2. The number of rotatable bonds is 10. The van der Waals surface area contributed by atoms with Gasteiger partial charge in [0.05, 0.1) is 18.0 Å². The number of piperidine rings is 1. The summed E-state index contributed by atoms with van der Waals surface area (Å²) in [5.41, 5.74) is 4.01. The van der Waals surface area contributed by atoms with Crippen LogP contribution in [0.4, 0.5) is 11.4 Å². The molecule has 6 nitrogen and oxygen atoms in total. The first-order valence-corrected chi connectivity index (χ1v) is 13.6. The Balaban J connectivity index is 1.76. The first-order chi connectivity index (χ1) is 17.0. The van der Waals surface area contributed by atoms with Crippen molar-refractivity contribution in [2.24, 2.45) is 0 Å². The number of hydrogen-bond donors (Lipinski definition) is 1. The molecule has 0 saturated carbocycles. The van der Waals surface area contributed by atoms with Crippen molar-refractivity contribution >= 4 is 39.9 Å². The molecule has 0 spiro atoms. The number of nitrogens with zero attached hydrogens (tertiary/aromatic N) is 2. The topological polar surface area (TPSA) is 54.0 Å². The van der Waals surface area contributed by atoms with Crippen LogP contribution in [0.5, 0.6) is 5.75 Å². The van der Waals surface area contributed by atoms with Gasteiger partial charge in [-0.2, -0.15) is 0 Å². The second-order valence-electron chi connectivity index (χ2n) is 8.57. The Morgan fingerprint density at radius 1 is 1.34 bits per heavy atom.